The van der Waals surface area contributed by atoms with Crippen LogP contribution in [0.15, 0.2) is 40.1 Å². The van der Waals surface area contributed by atoms with Gasteiger partial charge in [-0.2, -0.15) is 13.2 Å². The van der Waals surface area contributed by atoms with Crippen molar-refractivity contribution in [3.63, 3.8) is 0 Å². The van der Waals surface area contributed by atoms with Crippen molar-refractivity contribution in [2.24, 2.45) is 17.8 Å². The van der Waals surface area contributed by atoms with E-state index in [4.69, 9.17) is 0 Å². The summed E-state index contributed by atoms with van der Waals surface area (Å²) in [6.45, 7) is 0. The number of benzene rings is 1. The van der Waals surface area contributed by atoms with E-state index in [9.17, 15) is 22.8 Å². The molecular weight excluding hydrogens is 369 g/mol. The average Bonchev–Trinajstić information content (AvgIpc) is 2.60. The first kappa shape index (κ1) is 17.8. The lowest BCUT2D eigenvalue weighted by Gasteiger charge is -2.60. The van der Waals surface area contributed by atoms with Crippen LogP contribution in [0.1, 0.15) is 54.7 Å². The highest BCUT2D eigenvalue weighted by Crippen LogP contribution is 2.64. The van der Waals surface area contributed by atoms with E-state index in [0.29, 0.717) is 11.5 Å². The molecule has 4 saturated carbocycles. The molecule has 2 aromatic rings. The fraction of sp³-hybridized carbons (Fsp3) is 0.524. The molecule has 0 saturated heterocycles. The van der Waals surface area contributed by atoms with Crippen molar-refractivity contribution in [3.8, 4) is 0 Å². The van der Waals surface area contributed by atoms with Gasteiger partial charge in [0.1, 0.15) is 0 Å². The Labute approximate surface area is 159 Å². The predicted molar refractivity (Wildman–Crippen MR) is 97.1 cm³/mol. The number of aromatic nitrogens is 2. The number of nitrogens with one attached hydrogen (secondary N) is 2. The lowest BCUT2D eigenvalue weighted by atomic mass is 9.44. The zero-order valence-electron chi connectivity index (χ0n) is 15.2. The summed E-state index contributed by atoms with van der Waals surface area (Å²) in [5, 5.41) is 0. The lowest BCUT2D eigenvalue weighted by Crippen LogP contribution is -2.54. The molecule has 2 atom stereocenters. The van der Waals surface area contributed by atoms with Crippen LogP contribution in [-0.4, -0.2) is 9.97 Å². The maximum atomic E-state index is 13.2. The SMILES string of the molecule is O=c1[nH]cc(C23CC4CC(C2)C(c2cccc(C(F)(F)F)c2)C(C4)C3)c(=O)[nH]1. The molecule has 0 aliphatic heterocycles. The molecule has 0 radical (unpaired) electrons. The van der Waals surface area contributed by atoms with Gasteiger partial charge in [-0.05, 0) is 67.4 Å². The Morgan fingerprint density at radius 1 is 1.04 bits per heavy atom. The summed E-state index contributed by atoms with van der Waals surface area (Å²) >= 11 is 0. The number of halogens is 3. The largest absolute Gasteiger partial charge is 0.416 e. The zero-order valence-corrected chi connectivity index (χ0v) is 15.2. The van der Waals surface area contributed by atoms with Gasteiger partial charge in [-0.15, -0.1) is 0 Å². The van der Waals surface area contributed by atoms with E-state index in [1.54, 1.807) is 6.20 Å². The molecule has 4 nitrogen and oxygen atoms in total. The molecule has 6 rings (SSSR count). The number of rotatable bonds is 2. The molecule has 1 aromatic carbocycles. The van der Waals surface area contributed by atoms with Gasteiger partial charge >= 0.3 is 11.9 Å². The van der Waals surface area contributed by atoms with Gasteiger partial charge in [-0.3, -0.25) is 9.78 Å². The second-order valence-corrected chi connectivity index (χ2v) is 8.88. The highest BCUT2D eigenvalue weighted by Gasteiger charge is 2.57. The van der Waals surface area contributed by atoms with Gasteiger partial charge in [-0.25, -0.2) is 4.79 Å². The first-order valence-corrected chi connectivity index (χ1v) is 9.75. The van der Waals surface area contributed by atoms with Crippen molar-refractivity contribution in [1.29, 1.82) is 0 Å². The minimum atomic E-state index is -4.34. The molecule has 2 N–H and O–H groups in total. The second-order valence-electron chi connectivity index (χ2n) is 8.88. The Kier molecular flexibility index (Phi) is 3.71. The van der Waals surface area contributed by atoms with Crippen LogP contribution in [0.2, 0.25) is 0 Å². The summed E-state index contributed by atoms with van der Waals surface area (Å²) in [5.41, 5.74) is -0.303. The number of H-pyrrole nitrogens is 2. The van der Waals surface area contributed by atoms with Crippen molar-refractivity contribution < 1.29 is 13.2 Å². The standard InChI is InChI=1S/C21H21F3N2O2/c22-21(23,24)15-3-1-2-12(6-15)17-13-4-11-5-14(17)9-20(7-11,8-13)16-10-25-19(28)26-18(16)27/h1-3,6,10-11,13-14,17H,4-5,7-9H2,(H2,25,26,27,28). The third kappa shape index (κ3) is 2.66. The molecule has 1 heterocycles. The maximum absolute atomic E-state index is 13.2. The van der Waals surface area contributed by atoms with Crippen LogP contribution in [0.5, 0.6) is 0 Å². The fourth-order valence-corrected chi connectivity index (χ4v) is 6.62. The van der Waals surface area contributed by atoms with Gasteiger partial charge in [0, 0.05) is 17.2 Å². The van der Waals surface area contributed by atoms with Gasteiger partial charge < -0.3 is 4.98 Å². The van der Waals surface area contributed by atoms with Gasteiger partial charge in [0.2, 0.25) is 0 Å². The second kappa shape index (κ2) is 5.84. The molecular formula is C21H21F3N2O2. The van der Waals surface area contributed by atoms with Gasteiger partial charge in [0.25, 0.3) is 5.56 Å². The van der Waals surface area contributed by atoms with Crippen LogP contribution in [0.25, 0.3) is 0 Å². The molecule has 7 heteroatoms. The van der Waals surface area contributed by atoms with Gasteiger partial charge in [-0.1, -0.05) is 18.2 Å². The summed E-state index contributed by atoms with van der Waals surface area (Å²) in [4.78, 5) is 28.8. The Hall–Kier alpha value is -2.31. The summed E-state index contributed by atoms with van der Waals surface area (Å²) in [6, 6.07) is 5.76. The van der Waals surface area contributed by atoms with Crippen LogP contribution < -0.4 is 11.2 Å². The molecule has 2 unspecified atom stereocenters. The number of aromatic amines is 2. The van der Waals surface area contributed by atoms with E-state index in [0.717, 1.165) is 43.7 Å². The molecule has 1 aromatic heterocycles. The van der Waals surface area contributed by atoms with E-state index in [-0.39, 0.29) is 28.7 Å². The highest BCUT2D eigenvalue weighted by atomic mass is 19.4. The zero-order chi connectivity index (χ0) is 19.7. The molecule has 4 aliphatic rings. The molecule has 28 heavy (non-hydrogen) atoms. The minimum absolute atomic E-state index is 0.105. The Bertz CT molecular complexity index is 1020. The minimum Gasteiger partial charge on any atom is -0.314 e. The first-order valence-electron chi connectivity index (χ1n) is 9.75. The molecule has 148 valence electrons. The molecule has 4 fully saturated rings. The molecule has 0 spiro atoms. The maximum Gasteiger partial charge on any atom is 0.416 e. The highest BCUT2D eigenvalue weighted by molar-refractivity contribution is 5.34. The number of alkyl halides is 3. The third-order valence-corrected chi connectivity index (χ3v) is 7.26. The quantitative estimate of drug-likeness (QED) is 0.816. The van der Waals surface area contributed by atoms with Gasteiger partial charge in [0.05, 0.1) is 5.56 Å². The summed E-state index contributed by atoms with van der Waals surface area (Å²) in [5.74, 6) is 1.13. The molecule has 0 amide bonds. The van der Waals surface area contributed by atoms with E-state index in [1.807, 2.05) is 6.07 Å². The van der Waals surface area contributed by atoms with Gasteiger partial charge in [0.15, 0.2) is 0 Å². The Morgan fingerprint density at radius 2 is 1.75 bits per heavy atom. The Balaban J connectivity index is 1.53. The lowest BCUT2D eigenvalue weighted by molar-refractivity contribution is -0.137. The Morgan fingerprint density at radius 3 is 2.39 bits per heavy atom. The van der Waals surface area contributed by atoms with E-state index >= 15 is 0 Å². The van der Waals surface area contributed by atoms with Crippen LogP contribution in [0, 0.1) is 17.8 Å². The normalized spacial score (nSPS) is 34.0. The van der Waals surface area contributed by atoms with Crippen molar-refractivity contribution in [3.05, 3.63) is 68.0 Å². The summed E-state index contributed by atoms with van der Waals surface area (Å²) in [6.07, 6.45) is 1.71. The van der Waals surface area contributed by atoms with Crippen LogP contribution in [0.3, 0.4) is 0 Å². The smallest absolute Gasteiger partial charge is 0.314 e. The fourth-order valence-electron chi connectivity index (χ4n) is 6.62. The van der Waals surface area contributed by atoms with Crippen LogP contribution in [-0.2, 0) is 11.6 Å². The predicted octanol–water partition coefficient (Wildman–Crippen LogP) is 3.94. The average molecular weight is 390 g/mol. The molecule has 4 aliphatic carbocycles. The van der Waals surface area contributed by atoms with E-state index < -0.39 is 17.4 Å². The van der Waals surface area contributed by atoms with E-state index in [2.05, 4.69) is 9.97 Å². The number of hydrogen-bond acceptors (Lipinski definition) is 2. The van der Waals surface area contributed by atoms with Crippen molar-refractivity contribution >= 4 is 0 Å². The van der Waals surface area contributed by atoms with Crippen molar-refractivity contribution in [2.45, 2.75) is 49.6 Å². The molecule has 4 bridgehead atoms. The van der Waals surface area contributed by atoms with Crippen molar-refractivity contribution in [1.82, 2.24) is 9.97 Å². The van der Waals surface area contributed by atoms with Crippen molar-refractivity contribution in [2.75, 3.05) is 0 Å². The van der Waals surface area contributed by atoms with Crippen LogP contribution >= 0.6 is 0 Å². The first-order chi connectivity index (χ1) is 13.2. The third-order valence-electron chi connectivity index (χ3n) is 7.26. The van der Waals surface area contributed by atoms with Crippen LogP contribution in [0.4, 0.5) is 13.2 Å². The van der Waals surface area contributed by atoms with E-state index in [1.165, 1.54) is 12.1 Å². The number of hydrogen-bond donors (Lipinski definition) is 2. The summed E-state index contributed by atoms with van der Waals surface area (Å²) in [7, 11) is 0. The summed E-state index contributed by atoms with van der Waals surface area (Å²) < 4.78 is 39.6. The monoisotopic (exact) mass is 390 g/mol. The topological polar surface area (TPSA) is 65.7 Å².